The van der Waals surface area contributed by atoms with Gasteiger partial charge in [-0.1, -0.05) is 41.6 Å². The van der Waals surface area contributed by atoms with Crippen LogP contribution < -0.4 is 15.0 Å². The van der Waals surface area contributed by atoms with Crippen molar-refractivity contribution in [3.8, 4) is 5.75 Å². The summed E-state index contributed by atoms with van der Waals surface area (Å²) < 4.78 is 6.11. The average molecular weight is 413 g/mol. The molecule has 2 heterocycles. The van der Waals surface area contributed by atoms with Crippen LogP contribution in [0.3, 0.4) is 0 Å². The highest BCUT2D eigenvalue weighted by Crippen LogP contribution is 2.35. The van der Waals surface area contributed by atoms with Gasteiger partial charge in [0, 0.05) is 18.0 Å². The Bertz CT molecular complexity index is 830. The highest BCUT2D eigenvalue weighted by molar-refractivity contribution is 8.01. The lowest BCUT2D eigenvalue weighted by molar-refractivity contribution is -0.122. The van der Waals surface area contributed by atoms with Crippen molar-refractivity contribution in [1.82, 2.24) is 10.2 Å². The average Bonchev–Trinajstić information content (AvgIpc) is 3.21. The molecule has 0 saturated carbocycles. The van der Waals surface area contributed by atoms with Crippen LogP contribution in [0.1, 0.15) is 13.3 Å². The molecule has 10 heteroatoms. The van der Waals surface area contributed by atoms with E-state index in [1.54, 1.807) is 30.0 Å². The van der Waals surface area contributed by atoms with Gasteiger partial charge >= 0.3 is 0 Å². The van der Waals surface area contributed by atoms with Crippen LogP contribution in [0, 0.1) is 5.92 Å². The summed E-state index contributed by atoms with van der Waals surface area (Å²) in [7, 11) is 1.53. The van der Waals surface area contributed by atoms with Crippen molar-refractivity contribution in [2.45, 2.75) is 17.7 Å². The van der Waals surface area contributed by atoms with E-state index in [0.717, 1.165) is 10.1 Å². The fourth-order valence-electron chi connectivity index (χ4n) is 2.64. The molecule has 2 aromatic rings. The SMILES string of the molecule is CCSc1nnc(NC(=O)[C@H]2CC(=O)N(c3cc(Cl)ccc3OC)C2)s1. The zero-order valence-electron chi connectivity index (χ0n) is 14.2. The lowest BCUT2D eigenvalue weighted by Crippen LogP contribution is -2.28. The number of anilines is 2. The first-order valence-electron chi connectivity index (χ1n) is 7.93. The number of ether oxygens (including phenoxy) is 1. The molecule has 1 atom stereocenters. The van der Waals surface area contributed by atoms with Crippen molar-refractivity contribution in [3.05, 3.63) is 23.2 Å². The summed E-state index contributed by atoms with van der Waals surface area (Å²) in [5.41, 5.74) is 0.567. The number of carbonyl (C=O) groups excluding carboxylic acids is 2. The van der Waals surface area contributed by atoms with Crippen molar-refractivity contribution >= 4 is 57.3 Å². The van der Waals surface area contributed by atoms with Crippen molar-refractivity contribution in [2.24, 2.45) is 5.92 Å². The van der Waals surface area contributed by atoms with Crippen LogP contribution in [-0.4, -0.2) is 41.4 Å². The number of thioether (sulfide) groups is 1. The molecule has 7 nitrogen and oxygen atoms in total. The highest BCUT2D eigenvalue weighted by Gasteiger charge is 2.36. The second-order valence-electron chi connectivity index (χ2n) is 5.52. The predicted octanol–water partition coefficient (Wildman–Crippen LogP) is 3.30. The van der Waals surface area contributed by atoms with Gasteiger partial charge in [-0.25, -0.2) is 0 Å². The number of rotatable bonds is 6. The molecule has 26 heavy (non-hydrogen) atoms. The van der Waals surface area contributed by atoms with Crippen molar-refractivity contribution in [2.75, 3.05) is 29.6 Å². The Labute approximate surface area is 164 Å². The van der Waals surface area contributed by atoms with E-state index in [1.165, 1.54) is 23.3 Å². The van der Waals surface area contributed by atoms with Crippen LogP contribution in [0.25, 0.3) is 0 Å². The molecule has 0 bridgehead atoms. The van der Waals surface area contributed by atoms with Crippen molar-refractivity contribution in [1.29, 1.82) is 0 Å². The van der Waals surface area contributed by atoms with Crippen LogP contribution in [0.5, 0.6) is 5.75 Å². The summed E-state index contributed by atoms with van der Waals surface area (Å²) in [6.07, 6.45) is 0.122. The topological polar surface area (TPSA) is 84.4 Å². The zero-order chi connectivity index (χ0) is 18.7. The Morgan fingerprint density at radius 1 is 1.50 bits per heavy atom. The fraction of sp³-hybridized carbons (Fsp3) is 0.375. The molecule has 0 radical (unpaired) electrons. The Morgan fingerprint density at radius 3 is 3.04 bits per heavy atom. The molecule has 1 fully saturated rings. The van der Waals surface area contributed by atoms with E-state index in [1.807, 2.05) is 6.92 Å². The van der Waals surface area contributed by atoms with Gasteiger partial charge in [0.1, 0.15) is 5.75 Å². The summed E-state index contributed by atoms with van der Waals surface area (Å²) in [5, 5.41) is 11.7. The van der Waals surface area contributed by atoms with Gasteiger partial charge in [-0.3, -0.25) is 9.59 Å². The first-order valence-corrected chi connectivity index (χ1v) is 10.1. The number of halogens is 1. The number of carbonyl (C=O) groups is 2. The van der Waals surface area contributed by atoms with Gasteiger partial charge in [0.05, 0.1) is 18.7 Å². The maximum absolute atomic E-state index is 12.5. The quantitative estimate of drug-likeness (QED) is 0.578. The second-order valence-corrected chi connectivity index (χ2v) is 8.44. The summed E-state index contributed by atoms with van der Waals surface area (Å²) in [6.45, 7) is 2.28. The summed E-state index contributed by atoms with van der Waals surface area (Å²) in [6, 6.07) is 5.06. The summed E-state index contributed by atoms with van der Waals surface area (Å²) in [5.74, 6) is 0.554. The number of hydrogen-bond acceptors (Lipinski definition) is 7. The zero-order valence-corrected chi connectivity index (χ0v) is 16.6. The lowest BCUT2D eigenvalue weighted by atomic mass is 10.1. The van der Waals surface area contributed by atoms with Gasteiger partial charge in [-0.2, -0.15) is 0 Å². The molecule has 1 saturated heterocycles. The molecule has 1 N–H and O–H groups in total. The molecule has 138 valence electrons. The Balaban J connectivity index is 1.71. The van der Waals surface area contributed by atoms with Crippen molar-refractivity contribution in [3.63, 3.8) is 0 Å². The standard InChI is InChI=1S/C16H17ClN4O3S2/c1-3-25-16-20-19-15(26-16)18-14(23)9-6-13(22)21(8-9)11-7-10(17)4-5-12(11)24-2/h4-5,7,9H,3,6,8H2,1-2H3,(H,18,19,23)/t9-/m0/s1. The maximum atomic E-state index is 12.5. The third-order valence-electron chi connectivity index (χ3n) is 3.83. The number of hydrogen-bond donors (Lipinski definition) is 1. The van der Waals surface area contributed by atoms with E-state index in [2.05, 4.69) is 15.5 Å². The highest BCUT2D eigenvalue weighted by atomic mass is 35.5. The largest absolute Gasteiger partial charge is 0.495 e. The molecular weight excluding hydrogens is 396 g/mol. The van der Waals surface area contributed by atoms with Crippen LogP contribution in [-0.2, 0) is 9.59 Å². The minimum absolute atomic E-state index is 0.122. The maximum Gasteiger partial charge on any atom is 0.231 e. The normalized spacial score (nSPS) is 16.8. The third kappa shape index (κ3) is 4.11. The molecule has 1 aliphatic rings. The van der Waals surface area contributed by atoms with Gasteiger partial charge in [0.2, 0.25) is 16.9 Å². The van der Waals surface area contributed by atoms with Gasteiger partial charge in [-0.05, 0) is 24.0 Å². The number of aromatic nitrogens is 2. The summed E-state index contributed by atoms with van der Waals surface area (Å²) >= 11 is 8.93. The van der Waals surface area contributed by atoms with Gasteiger partial charge in [-0.15, -0.1) is 10.2 Å². The van der Waals surface area contributed by atoms with E-state index in [-0.39, 0.29) is 24.8 Å². The van der Waals surface area contributed by atoms with Crippen LogP contribution in [0.4, 0.5) is 10.8 Å². The summed E-state index contributed by atoms with van der Waals surface area (Å²) in [4.78, 5) is 26.5. The molecule has 2 amide bonds. The molecule has 1 aromatic heterocycles. The van der Waals surface area contributed by atoms with E-state index in [4.69, 9.17) is 16.3 Å². The predicted molar refractivity (Wildman–Crippen MR) is 103 cm³/mol. The van der Waals surface area contributed by atoms with Crippen molar-refractivity contribution < 1.29 is 14.3 Å². The number of benzene rings is 1. The lowest BCUT2D eigenvalue weighted by Gasteiger charge is -2.19. The first-order chi connectivity index (χ1) is 12.5. The Hall–Kier alpha value is -1.84. The van der Waals surface area contributed by atoms with E-state index >= 15 is 0 Å². The van der Waals surface area contributed by atoms with Gasteiger partial charge in [0.15, 0.2) is 4.34 Å². The Morgan fingerprint density at radius 2 is 2.31 bits per heavy atom. The van der Waals surface area contributed by atoms with Gasteiger partial charge < -0.3 is 15.0 Å². The van der Waals surface area contributed by atoms with Crippen LogP contribution >= 0.6 is 34.7 Å². The van der Waals surface area contributed by atoms with E-state index < -0.39 is 5.92 Å². The molecule has 0 aliphatic carbocycles. The van der Waals surface area contributed by atoms with E-state index in [0.29, 0.717) is 21.6 Å². The number of amides is 2. The van der Waals surface area contributed by atoms with Crippen LogP contribution in [0.2, 0.25) is 5.02 Å². The number of methoxy groups -OCH3 is 1. The smallest absolute Gasteiger partial charge is 0.231 e. The number of nitrogens with zero attached hydrogens (tertiary/aromatic N) is 3. The fourth-order valence-corrected chi connectivity index (χ4v) is 4.46. The third-order valence-corrected chi connectivity index (χ3v) is 5.92. The molecule has 0 spiro atoms. The number of nitrogens with one attached hydrogen (secondary N) is 1. The molecular formula is C16H17ClN4O3S2. The van der Waals surface area contributed by atoms with Gasteiger partial charge in [0.25, 0.3) is 0 Å². The minimum Gasteiger partial charge on any atom is -0.495 e. The van der Waals surface area contributed by atoms with Crippen LogP contribution in [0.15, 0.2) is 22.5 Å². The monoisotopic (exact) mass is 412 g/mol. The Kier molecular flexibility index (Phi) is 6.00. The molecule has 1 aliphatic heterocycles. The molecule has 3 rings (SSSR count). The van der Waals surface area contributed by atoms with E-state index in [9.17, 15) is 9.59 Å². The minimum atomic E-state index is -0.475. The first kappa shape index (κ1) is 18.9. The molecule has 1 aromatic carbocycles. The molecule has 0 unspecified atom stereocenters. The second kappa shape index (κ2) is 8.24.